The number of carbonyl (C=O) groups excluding carboxylic acids is 2. The van der Waals surface area contributed by atoms with Crippen molar-refractivity contribution in [3.05, 3.63) is 58.1 Å². The van der Waals surface area contributed by atoms with Gasteiger partial charge in [0.25, 0.3) is 5.91 Å². The summed E-state index contributed by atoms with van der Waals surface area (Å²) < 4.78 is 10.3. The number of esters is 1. The number of nitrogens with zero attached hydrogens (tertiary/aromatic N) is 1. The second kappa shape index (κ2) is 9.09. The topological polar surface area (TPSA) is 88.4 Å². The van der Waals surface area contributed by atoms with Crippen LogP contribution in [0.3, 0.4) is 0 Å². The van der Waals surface area contributed by atoms with Gasteiger partial charge in [-0.2, -0.15) is 5.26 Å². The van der Waals surface area contributed by atoms with Crippen molar-refractivity contribution in [2.75, 3.05) is 11.9 Å². The lowest BCUT2D eigenvalue weighted by Gasteiger charge is -2.14. The fourth-order valence-corrected chi connectivity index (χ4v) is 2.45. The average molecular weight is 393 g/mol. The third kappa shape index (κ3) is 5.96. The molecule has 0 unspecified atom stereocenters. The van der Waals surface area contributed by atoms with Crippen LogP contribution in [0.4, 0.5) is 5.69 Å². The zero-order valence-corrected chi connectivity index (χ0v) is 15.2. The number of nitrogens with one attached hydrogen (secondary N) is 1. The van der Waals surface area contributed by atoms with Gasteiger partial charge in [-0.15, -0.1) is 0 Å². The number of hydrogen-bond acceptors (Lipinski definition) is 5. The van der Waals surface area contributed by atoms with Gasteiger partial charge in [0.05, 0.1) is 11.6 Å². The summed E-state index contributed by atoms with van der Waals surface area (Å²) in [6.45, 7) is 1.06. The molecule has 6 nitrogen and oxygen atoms in total. The Bertz CT molecular complexity index is 827. The first-order valence-corrected chi connectivity index (χ1v) is 8.22. The molecular formula is C18H14Cl2N2O4. The SMILES string of the molecule is C[C@H](OC(=O)COc1ccc(C#N)cc1)C(=O)Nc1cc(Cl)cc(Cl)c1. The normalized spacial score (nSPS) is 11.2. The Morgan fingerprint density at radius 3 is 2.35 bits per heavy atom. The number of ether oxygens (including phenoxy) is 2. The molecule has 0 fully saturated rings. The average Bonchev–Trinajstić information content (AvgIpc) is 2.59. The van der Waals surface area contributed by atoms with Crippen LogP contribution in [0.1, 0.15) is 12.5 Å². The number of nitriles is 1. The van der Waals surface area contributed by atoms with E-state index in [9.17, 15) is 9.59 Å². The van der Waals surface area contributed by atoms with Crippen LogP contribution < -0.4 is 10.1 Å². The molecule has 2 aromatic rings. The Labute approximate surface area is 160 Å². The molecule has 0 aliphatic carbocycles. The third-order valence-electron chi connectivity index (χ3n) is 3.15. The maximum atomic E-state index is 12.1. The fourth-order valence-electron chi connectivity index (χ4n) is 1.92. The van der Waals surface area contributed by atoms with E-state index in [1.807, 2.05) is 6.07 Å². The number of rotatable bonds is 6. The summed E-state index contributed by atoms with van der Waals surface area (Å²) in [5, 5.41) is 12.0. The zero-order chi connectivity index (χ0) is 19.1. The standard InChI is InChI=1S/C18H14Cl2N2O4/c1-11(18(24)22-15-7-13(19)6-14(20)8-15)26-17(23)10-25-16-4-2-12(9-21)3-5-16/h2-8,11H,10H2,1H3,(H,22,24)/t11-/m0/s1. The highest BCUT2D eigenvalue weighted by Crippen LogP contribution is 2.22. The van der Waals surface area contributed by atoms with Gasteiger partial charge in [0, 0.05) is 15.7 Å². The van der Waals surface area contributed by atoms with Crippen LogP contribution >= 0.6 is 23.2 Å². The number of benzene rings is 2. The van der Waals surface area contributed by atoms with E-state index < -0.39 is 18.0 Å². The third-order valence-corrected chi connectivity index (χ3v) is 3.58. The lowest BCUT2D eigenvalue weighted by Crippen LogP contribution is -2.31. The predicted octanol–water partition coefficient (Wildman–Crippen LogP) is 3.81. The molecular weight excluding hydrogens is 379 g/mol. The van der Waals surface area contributed by atoms with E-state index >= 15 is 0 Å². The van der Waals surface area contributed by atoms with Gasteiger partial charge in [0.15, 0.2) is 12.7 Å². The minimum Gasteiger partial charge on any atom is -0.482 e. The van der Waals surface area contributed by atoms with E-state index in [1.54, 1.807) is 24.3 Å². The number of amides is 1. The van der Waals surface area contributed by atoms with E-state index in [0.29, 0.717) is 27.0 Å². The number of halogens is 2. The van der Waals surface area contributed by atoms with Gasteiger partial charge >= 0.3 is 5.97 Å². The van der Waals surface area contributed by atoms with Crippen LogP contribution in [-0.4, -0.2) is 24.6 Å². The molecule has 0 aromatic heterocycles. The summed E-state index contributed by atoms with van der Waals surface area (Å²) in [6, 6.07) is 12.8. The van der Waals surface area contributed by atoms with Gasteiger partial charge in [0.1, 0.15) is 5.75 Å². The van der Waals surface area contributed by atoms with Crippen molar-refractivity contribution >= 4 is 40.8 Å². The molecule has 0 saturated heterocycles. The highest BCUT2D eigenvalue weighted by Gasteiger charge is 2.18. The van der Waals surface area contributed by atoms with Gasteiger partial charge in [-0.3, -0.25) is 4.79 Å². The smallest absolute Gasteiger partial charge is 0.344 e. The highest BCUT2D eigenvalue weighted by molar-refractivity contribution is 6.35. The first kappa shape index (κ1) is 19.6. The van der Waals surface area contributed by atoms with E-state index in [0.717, 1.165) is 0 Å². The summed E-state index contributed by atoms with van der Waals surface area (Å²) in [6.07, 6.45) is -1.04. The van der Waals surface area contributed by atoms with Crippen LogP contribution in [0.5, 0.6) is 5.75 Å². The Morgan fingerprint density at radius 2 is 1.77 bits per heavy atom. The number of hydrogen-bond donors (Lipinski definition) is 1. The molecule has 0 spiro atoms. The molecule has 8 heteroatoms. The molecule has 26 heavy (non-hydrogen) atoms. The van der Waals surface area contributed by atoms with Crippen LogP contribution in [0.2, 0.25) is 10.0 Å². The molecule has 0 radical (unpaired) electrons. The molecule has 2 rings (SSSR count). The summed E-state index contributed by atoms with van der Waals surface area (Å²) in [5.74, 6) is -0.831. The van der Waals surface area contributed by atoms with E-state index in [4.69, 9.17) is 37.9 Å². The first-order valence-electron chi connectivity index (χ1n) is 7.47. The van der Waals surface area contributed by atoms with Crippen molar-refractivity contribution in [2.24, 2.45) is 0 Å². The van der Waals surface area contributed by atoms with Gasteiger partial charge in [-0.1, -0.05) is 23.2 Å². The minimum absolute atomic E-state index is 0.369. The highest BCUT2D eigenvalue weighted by atomic mass is 35.5. The molecule has 0 bridgehead atoms. The second-order valence-corrected chi connectivity index (χ2v) is 6.08. The Balaban J connectivity index is 1.83. The van der Waals surface area contributed by atoms with Gasteiger partial charge in [-0.25, -0.2) is 4.79 Å². The Kier molecular flexibility index (Phi) is 6.84. The van der Waals surface area contributed by atoms with Crippen molar-refractivity contribution in [1.29, 1.82) is 5.26 Å². The van der Waals surface area contributed by atoms with Crippen molar-refractivity contribution in [3.63, 3.8) is 0 Å². The number of carbonyl (C=O) groups is 2. The van der Waals surface area contributed by atoms with Gasteiger partial charge < -0.3 is 14.8 Å². The van der Waals surface area contributed by atoms with Crippen molar-refractivity contribution in [3.8, 4) is 11.8 Å². The molecule has 1 N–H and O–H groups in total. The molecule has 0 heterocycles. The van der Waals surface area contributed by atoms with Crippen LogP contribution in [0, 0.1) is 11.3 Å². The lowest BCUT2D eigenvalue weighted by molar-refractivity contribution is -0.155. The molecule has 0 saturated carbocycles. The fraction of sp³-hybridized carbons (Fsp3) is 0.167. The maximum Gasteiger partial charge on any atom is 0.344 e. The Hall–Kier alpha value is -2.75. The van der Waals surface area contributed by atoms with Gasteiger partial charge in [0.2, 0.25) is 0 Å². The summed E-state index contributed by atoms with van der Waals surface area (Å²) >= 11 is 11.7. The molecule has 1 atom stereocenters. The lowest BCUT2D eigenvalue weighted by atomic mass is 10.2. The molecule has 0 aliphatic rings. The monoisotopic (exact) mass is 392 g/mol. The predicted molar refractivity (Wildman–Crippen MR) is 97.3 cm³/mol. The van der Waals surface area contributed by atoms with Crippen LogP contribution in [-0.2, 0) is 14.3 Å². The van der Waals surface area contributed by atoms with Crippen molar-refractivity contribution in [1.82, 2.24) is 0 Å². The quantitative estimate of drug-likeness (QED) is 0.754. The minimum atomic E-state index is -1.04. The summed E-state index contributed by atoms with van der Waals surface area (Å²) in [5.41, 5.74) is 0.871. The van der Waals surface area contributed by atoms with E-state index in [-0.39, 0.29) is 6.61 Å². The molecule has 134 valence electrons. The first-order chi connectivity index (χ1) is 12.4. The maximum absolute atomic E-state index is 12.1. The van der Waals surface area contributed by atoms with E-state index in [1.165, 1.54) is 25.1 Å². The second-order valence-electron chi connectivity index (χ2n) is 5.20. The molecule has 1 amide bonds. The van der Waals surface area contributed by atoms with Crippen molar-refractivity contribution < 1.29 is 19.1 Å². The largest absolute Gasteiger partial charge is 0.482 e. The van der Waals surface area contributed by atoms with E-state index in [2.05, 4.69) is 5.32 Å². The Morgan fingerprint density at radius 1 is 1.15 bits per heavy atom. The molecule has 2 aromatic carbocycles. The summed E-state index contributed by atoms with van der Waals surface area (Å²) in [4.78, 5) is 23.9. The number of anilines is 1. The van der Waals surface area contributed by atoms with Gasteiger partial charge in [-0.05, 0) is 49.4 Å². The van der Waals surface area contributed by atoms with Crippen LogP contribution in [0.15, 0.2) is 42.5 Å². The van der Waals surface area contributed by atoms with Crippen molar-refractivity contribution in [2.45, 2.75) is 13.0 Å². The zero-order valence-electron chi connectivity index (χ0n) is 13.7. The van der Waals surface area contributed by atoms with Crippen LogP contribution in [0.25, 0.3) is 0 Å². The molecule has 0 aliphatic heterocycles. The summed E-state index contributed by atoms with van der Waals surface area (Å²) in [7, 11) is 0.